The van der Waals surface area contributed by atoms with E-state index in [0.29, 0.717) is 6.42 Å². The van der Waals surface area contributed by atoms with E-state index in [1.165, 1.54) is 13.8 Å². The predicted molar refractivity (Wildman–Crippen MR) is 48.5 cm³/mol. The van der Waals surface area contributed by atoms with E-state index in [2.05, 4.69) is 0 Å². The molecule has 0 aromatic carbocycles. The van der Waals surface area contributed by atoms with Crippen LogP contribution in [0.1, 0.15) is 40.0 Å². The molecule has 0 bridgehead atoms. The number of Topliss-reactive ketones (excluding diaryl/α,β-unsaturated/α-hetero) is 2. The van der Waals surface area contributed by atoms with Crippen LogP contribution in [0.15, 0.2) is 0 Å². The number of carbonyl (C=O) groups is 3. The van der Waals surface area contributed by atoms with Crippen LogP contribution in [0.25, 0.3) is 0 Å². The minimum Gasteiger partial charge on any atom is -0.481 e. The van der Waals surface area contributed by atoms with Crippen LogP contribution in [0.3, 0.4) is 0 Å². The summed E-state index contributed by atoms with van der Waals surface area (Å²) < 4.78 is 0. The van der Waals surface area contributed by atoms with Crippen molar-refractivity contribution in [2.75, 3.05) is 0 Å². The van der Waals surface area contributed by atoms with Gasteiger partial charge in [0.05, 0.1) is 6.42 Å². The molecule has 0 amide bonds. The molecular weight excluding hydrogens is 172 g/mol. The molecule has 4 heteroatoms. The standard InChI is InChI=1S/C5H8O2.C4H8O2/c1-4(6)3-5(2)7;1-2-3-4(5)6/h3H2,1-2H3;2-3H2,1H3,(H,5,6). The Kier molecular flexibility index (Phi) is 9.82. The quantitative estimate of drug-likeness (QED) is 0.677. The van der Waals surface area contributed by atoms with Crippen molar-refractivity contribution >= 4 is 17.5 Å². The summed E-state index contributed by atoms with van der Waals surface area (Å²) in [6.07, 6.45) is 1.11. The molecule has 0 aromatic rings. The Bertz CT molecular complexity index is 172. The van der Waals surface area contributed by atoms with Crippen molar-refractivity contribution in [1.82, 2.24) is 0 Å². The van der Waals surface area contributed by atoms with Crippen molar-refractivity contribution in [1.29, 1.82) is 0 Å². The third-order valence-corrected chi connectivity index (χ3v) is 0.962. The van der Waals surface area contributed by atoms with Crippen molar-refractivity contribution in [2.45, 2.75) is 40.0 Å². The summed E-state index contributed by atoms with van der Waals surface area (Å²) in [7, 11) is 0. The number of ketones is 2. The minimum atomic E-state index is -0.711. The van der Waals surface area contributed by atoms with E-state index in [4.69, 9.17) is 5.11 Å². The lowest BCUT2D eigenvalue weighted by Crippen LogP contribution is -1.97. The van der Waals surface area contributed by atoms with Crippen LogP contribution in [0.5, 0.6) is 0 Å². The fourth-order valence-electron chi connectivity index (χ4n) is 0.564. The molecule has 0 rings (SSSR count). The summed E-state index contributed by atoms with van der Waals surface area (Å²) in [4.78, 5) is 29.7. The first-order valence-corrected chi connectivity index (χ1v) is 4.10. The van der Waals surface area contributed by atoms with Crippen molar-refractivity contribution in [2.24, 2.45) is 0 Å². The fraction of sp³-hybridized carbons (Fsp3) is 0.667. The van der Waals surface area contributed by atoms with Crippen molar-refractivity contribution < 1.29 is 19.5 Å². The van der Waals surface area contributed by atoms with E-state index in [1.807, 2.05) is 6.92 Å². The summed E-state index contributed by atoms with van der Waals surface area (Å²) in [6.45, 7) is 4.65. The molecule has 0 aliphatic heterocycles. The van der Waals surface area contributed by atoms with Gasteiger partial charge >= 0.3 is 5.97 Å². The average molecular weight is 188 g/mol. The van der Waals surface area contributed by atoms with Crippen LogP contribution in [0.4, 0.5) is 0 Å². The van der Waals surface area contributed by atoms with Gasteiger partial charge in [-0.25, -0.2) is 0 Å². The number of hydrogen-bond acceptors (Lipinski definition) is 3. The van der Waals surface area contributed by atoms with Gasteiger partial charge in [-0.05, 0) is 20.3 Å². The number of carbonyl (C=O) groups excluding carboxylic acids is 2. The third-order valence-electron chi connectivity index (χ3n) is 0.962. The van der Waals surface area contributed by atoms with Crippen LogP contribution in [-0.4, -0.2) is 22.6 Å². The number of carboxylic acid groups (broad SMARTS) is 1. The van der Waals surface area contributed by atoms with Gasteiger partial charge in [0.1, 0.15) is 11.6 Å². The van der Waals surface area contributed by atoms with Crippen LogP contribution in [0.2, 0.25) is 0 Å². The molecule has 0 fully saturated rings. The van der Waals surface area contributed by atoms with Crippen molar-refractivity contribution in [3.8, 4) is 0 Å². The first-order valence-electron chi connectivity index (χ1n) is 4.10. The topological polar surface area (TPSA) is 71.4 Å². The highest BCUT2D eigenvalue weighted by Gasteiger charge is 1.94. The summed E-state index contributed by atoms with van der Waals surface area (Å²) >= 11 is 0. The van der Waals surface area contributed by atoms with Gasteiger partial charge in [-0.1, -0.05) is 6.92 Å². The Labute approximate surface area is 77.9 Å². The number of rotatable bonds is 4. The molecule has 0 heterocycles. The largest absolute Gasteiger partial charge is 0.481 e. The molecule has 0 aromatic heterocycles. The second kappa shape index (κ2) is 8.90. The summed E-state index contributed by atoms with van der Waals surface area (Å²) in [5, 5.41) is 7.91. The van der Waals surface area contributed by atoms with Crippen LogP contribution in [0, 0.1) is 0 Å². The highest BCUT2D eigenvalue weighted by Crippen LogP contribution is 1.82. The molecular formula is C9H16O4. The van der Waals surface area contributed by atoms with Gasteiger partial charge in [0.15, 0.2) is 0 Å². The Morgan fingerprint density at radius 3 is 1.46 bits per heavy atom. The maximum Gasteiger partial charge on any atom is 0.303 e. The second-order valence-electron chi connectivity index (χ2n) is 2.72. The molecule has 0 saturated heterocycles. The van der Waals surface area contributed by atoms with E-state index < -0.39 is 5.97 Å². The second-order valence-corrected chi connectivity index (χ2v) is 2.72. The van der Waals surface area contributed by atoms with E-state index in [9.17, 15) is 14.4 Å². The van der Waals surface area contributed by atoms with Gasteiger partial charge in [0, 0.05) is 6.42 Å². The minimum absolute atomic E-state index is 0.0625. The van der Waals surface area contributed by atoms with E-state index in [1.54, 1.807) is 0 Å². The highest BCUT2D eigenvalue weighted by atomic mass is 16.4. The lowest BCUT2D eigenvalue weighted by molar-refractivity contribution is -0.137. The zero-order valence-electron chi connectivity index (χ0n) is 8.29. The monoisotopic (exact) mass is 188 g/mol. The molecule has 0 saturated carbocycles. The van der Waals surface area contributed by atoms with E-state index in [-0.39, 0.29) is 18.0 Å². The van der Waals surface area contributed by atoms with E-state index >= 15 is 0 Å². The molecule has 76 valence electrons. The first kappa shape index (κ1) is 14.3. The predicted octanol–water partition coefficient (Wildman–Crippen LogP) is 1.43. The van der Waals surface area contributed by atoms with Crippen molar-refractivity contribution in [3.63, 3.8) is 0 Å². The lowest BCUT2D eigenvalue weighted by Gasteiger charge is -1.81. The molecule has 0 spiro atoms. The van der Waals surface area contributed by atoms with Crippen LogP contribution in [-0.2, 0) is 14.4 Å². The molecule has 0 radical (unpaired) electrons. The van der Waals surface area contributed by atoms with E-state index in [0.717, 1.165) is 6.42 Å². The molecule has 0 unspecified atom stereocenters. The highest BCUT2D eigenvalue weighted by molar-refractivity contribution is 5.96. The average Bonchev–Trinajstić information content (AvgIpc) is 1.83. The zero-order valence-corrected chi connectivity index (χ0v) is 8.29. The van der Waals surface area contributed by atoms with Gasteiger partial charge < -0.3 is 5.11 Å². The smallest absolute Gasteiger partial charge is 0.303 e. The Hall–Kier alpha value is -1.19. The maximum atomic E-state index is 10.0. The molecule has 13 heavy (non-hydrogen) atoms. The SMILES string of the molecule is CC(=O)CC(C)=O.CCCC(=O)O. The summed E-state index contributed by atoms with van der Waals surface area (Å²) in [5.41, 5.74) is 0. The fourth-order valence-corrected chi connectivity index (χ4v) is 0.564. The lowest BCUT2D eigenvalue weighted by atomic mass is 10.2. The third kappa shape index (κ3) is 24.9. The normalized spacial score (nSPS) is 8.23. The van der Waals surface area contributed by atoms with Gasteiger partial charge in [-0.2, -0.15) is 0 Å². The van der Waals surface area contributed by atoms with Gasteiger partial charge in [0.2, 0.25) is 0 Å². The molecule has 1 N–H and O–H groups in total. The van der Waals surface area contributed by atoms with Crippen LogP contribution < -0.4 is 0 Å². The maximum absolute atomic E-state index is 10.0. The summed E-state index contributed by atoms with van der Waals surface area (Å²) in [6, 6.07) is 0. The molecule has 0 aliphatic carbocycles. The number of carboxylic acids is 1. The van der Waals surface area contributed by atoms with Crippen LogP contribution >= 0.6 is 0 Å². The molecule has 0 aliphatic rings. The molecule has 4 nitrogen and oxygen atoms in total. The van der Waals surface area contributed by atoms with Gasteiger partial charge in [-0.15, -0.1) is 0 Å². The summed E-state index contributed by atoms with van der Waals surface area (Å²) in [5.74, 6) is -0.836. The van der Waals surface area contributed by atoms with Gasteiger partial charge in [-0.3, -0.25) is 14.4 Å². The number of hydrogen-bond donors (Lipinski definition) is 1. The molecule has 0 atom stereocenters. The van der Waals surface area contributed by atoms with Crippen molar-refractivity contribution in [3.05, 3.63) is 0 Å². The van der Waals surface area contributed by atoms with Gasteiger partial charge in [0.25, 0.3) is 0 Å². The zero-order chi connectivity index (χ0) is 10.9. The Balaban J connectivity index is 0. The Morgan fingerprint density at radius 2 is 1.46 bits per heavy atom. The Morgan fingerprint density at radius 1 is 1.08 bits per heavy atom. The number of aliphatic carboxylic acids is 1. The first-order chi connectivity index (χ1) is 5.90.